The van der Waals surface area contributed by atoms with E-state index in [1.807, 2.05) is 24.9 Å². The molecule has 18 heavy (non-hydrogen) atoms. The summed E-state index contributed by atoms with van der Waals surface area (Å²) in [7, 11) is -1.04. The number of sulfone groups is 1. The van der Waals surface area contributed by atoms with Crippen LogP contribution in [0.1, 0.15) is 17.7 Å². The Kier molecular flexibility index (Phi) is 3.59. The number of pyridine rings is 1. The number of aromatic nitrogens is 1. The Morgan fingerprint density at radius 2 is 2.22 bits per heavy atom. The fraction of sp³-hybridized carbons (Fsp3) is 0.583. The molecule has 1 aliphatic heterocycles. The van der Waals surface area contributed by atoms with Crippen molar-refractivity contribution in [2.45, 2.75) is 26.0 Å². The molecule has 1 saturated heterocycles. The SMILES string of the molecule is Cc1cc(CO)cc(N(C)C2CCS(=O)(=O)C2)n1. The zero-order valence-electron chi connectivity index (χ0n) is 10.6. The number of rotatable bonds is 3. The van der Waals surface area contributed by atoms with Gasteiger partial charge in [0, 0.05) is 18.8 Å². The number of anilines is 1. The summed E-state index contributed by atoms with van der Waals surface area (Å²) in [6, 6.07) is 3.61. The lowest BCUT2D eigenvalue weighted by molar-refractivity contribution is 0.281. The first-order valence-electron chi connectivity index (χ1n) is 5.93. The van der Waals surface area contributed by atoms with Crippen molar-refractivity contribution >= 4 is 15.7 Å². The Labute approximate surface area is 107 Å². The average molecular weight is 270 g/mol. The van der Waals surface area contributed by atoms with Crippen LogP contribution >= 0.6 is 0 Å². The molecule has 0 amide bonds. The Morgan fingerprint density at radius 1 is 1.50 bits per heavy atom. The van der Waals surface area contributed by atoms with Crippen molar-refractivity contribution in [2.75, 3.05) is 23.5 Å². The Balaban J connectivity index is 2.23. The van der Waals surface area contributed by atoms with E-state index in [-0.39, 0.29) is 24.2 Å². The van der Waals surface area contributed by atoms with E-state index in [2.05, 4.69) is 4.98 Å². The van der Waals surface area contributed by atoms with Crippen LogP contribution in [0.15, 0.2) is 12.1 Å². The maximum Gasteiger partial charge on any atom is 0.152 e. The molecule has 2 heterocycles. The van der Waals surface area contributed by atoms with Gasteiger partial charge >= 0.3 is 0 Å². The first-order chi connectivity index (χ1) is 8.41. The van der Waals surface area contributed by atoms with E-state index >= 15 is 0 Å². The lowest BCUT2D eigenvalue weighted by atomic mass is 10.2. The molecule has 0 aliphatic carbocycles. The Hall–Kier alpha value is -1.14. The molecule has 0 saturated carbocycles. The van der Waals surface area contributed by atoms with Gasteiger partial charge in [-0.05, 0) is 31.0 Å². The van der Waals surface area contributed by atoms with Crippen LogP contribution in [0, 0.1) is 6.92 Å². The molecule has 1 unspecified atom stereocenters. The van der Waals surface area contributed by atoms with Crippen LogP contribution in [0.2, 0.25) is 0 Å². The average Bonchev–Trinajstić information content (AvgIpc) is 2.67. The number of aliphatic hydroxyl groups excluding tert-OH is 1. The second-order valence-corrected chi connectivity index (χ2v) is 7.03. The van der Waals surface area contributed by atoms with Gasteiger partial charge in [0.1, 0.15) is 5.82 Å². The van der Waals surface area contributed by atoms with Crippen LogP contribution in [-0.2, 0) is 16.4 Å². The number of hydrogen-bond acceptors (Lipinski definition) is 5. The minimum Gasteiger partial charge on any atom is -0.392 e. The Bertz CT molecular complexity index is 542. The highest BCUT2D eigenvalue weighted by atomic mass is 32.2. The lowest BCUT2D eigenvalue weighted by Gasteiger charge is -2.25. The van der Waals surface area contributed by atoms with Crippen LogP contribution in [0.3, 0.4) is 0 Å². The summed E-state index contributed by atoms with van der Waals surface area (Å²) >= 11 is 0. The molecule has 5 nitrogen and oxygen atoms in total. The largest absolute Gasteiger partial charge is 0.392 e. The predicted octanol–water partition coefficient (Wildman–Crippen LogP) is 0.506. The van der Waals surface area contributed by atoms with E-state index in [4.69, 9.17) is 0 Å². The zero-order chi connectivity index (χ0) is 13.3. The van der Waals surface area contributed by atoms with E-state index in [0.717, 1.165) is 17.1 Å². The zero-order valence-corrected chi connectivity index (χ0v) is 11.4. The molecule has 0 spiro atoms. The van der Waals surface area contributed by atoms with Gasteiger partial charge in [-0.3, -0.25) is 0 Å². The highest BCUT2D eigenvalue weighted by molar-refractivity contribution is 7.91. The summed E-state index contributed by atoms with van der Waals surface area (Å²) in [5.41, 5.74) is 1.62. The summed E-state index contributed by atoms with van der Waals surface area (Å²) in [6.45, 7) is 1.83. The maximum atomic E-state index is 11.5. The molecule has 1 aliphatic rings. The molecule has 1 atom stereocenters. The van der Waals surface area contributed by atoms with Gasteiger partial charge in [-0.2, -0.15) is 0 Å². The van der Waals surface area contributed by atoms with Crippen molar-refractivity contribution in [3.05, 3.63) is 23.4 Å². The van der Waals surface area contributed by atoms with Gasteiger partial charge in [0.15, 0.2) is 9.84 Å². The second kappa shape index (κ2) is 4.85. The Morgan fingerprint density at radius 3 is 2.78 bits per heavy atom. The molecular weight excluding hydrogens is 252 g/mol. The third-order valence-corrected chi connectivity index (χ3v) is 5.05. The van der Waals surface area contributed by atoms with Gasteiger partial charge in [0.2, 0.25) is 0 Å². The minimum atomic E-state index is -2.89. The maximum absolute atomic E-state index is 11.5. The normalized spacial score (nSPS) is 22.1. The molecule has 1 N–H and O–H groups in total. The molecule has 0 bridgehead atoms. The molecule has 100 valence electrons. The fourth-order valence-electron chi connectivity index (χ4n) is 2.26. The second-order valence-electron chi connectivity index (χ2n) is 4.80. The summed E-state index contributed by atoms with van der Waals surface area (Å²) in [5, 5.41) is 9.17. The topological polar surface area (TPSA) is 70.5 Å². The van der Waals surface area contributed by atoms with Crippen molar-refractivity contribution in [3.8, 4) is 0 Å². The van der Waals surface area contributed by atoms with Crippen molar-refractivity contribution in [2.24, 2.45) is 0 Å². The molecule has 2 rings (SSSR count). The van der Waals surface area contributed by atoms with Crippen LogP contribution < -0.4 is 4.90 Å². The minimum absolute atomic E-state index is 0.0177. The molecule has 0 aromatic carbocycles. The highest BCUT2D eigenvalue weighted by Crippen LogP contribution is 2.22. The molecular formula is C12H18N2O3S. The number of hydrogen-bond donors (Lipinski definition) is 1. The number of nitrogens with zero attached hydrogens (tertiary/aromatic N) is 2. The standard InChI is InChI=1S/C12H18N2O3S/c1-9-5-10(7-15)6-12(13-9)14(2)11-3-4-18(16,17)8-11/h5-6,11,15H,3-4,7-8H2,1-2H3. The van der Waals surface area contributed by atoms with Crippen molar-refractivity contribution in [1.29, 1.82) is 0 Å². The molecule has 1 fully saturated rings. The smallest absolute Gasteiger partial charge is 0.152 e. The van der Waals surface area contributed by atoms with E-state index in [1.165, 1.54) is 0 Å². The van der Waals surface area contributed by atoms with Gasteiger partial charge < -0.3 is 10.0 Å². The van der Waals surface area contributed by atoms with Gasteiger partial charge in [-0.15, -0.1) is 0 Å². The van der Waals surface area contributed by atoms with Crippen LogP contribution in [0.4, 0.5) is 5.82 Å². The third-order valence-electron chi connectivity index (χ3n) is 3.30. The fourth-order valence-corrected chi connectivity index (χ4v) is 4.04. The summed E-state index contributed by atoms with van der Waals surface area (Å²) < 4.78 is 23.0. The van der Waals surface area contributed by atoms with Gasteiger partial charge in [0.05, 0.1) is 18.1 Å². The van der Waals surface area contributed by atoms with Gasteiger partial charge in [-0.25, -0.2) is 13.4 Å². The number of aliphatic hydroxyl groups is 1. The molecule has 6 heteroatoms. The summed E-state index contributed by atoms with van der Waals surface area (Å²) in [4.78, 5) is 6.29. The van der Waals surface area contributed by atoms with Crippen molar-refractivity contribution in [1.82, 2.24) is 4.98 Å². The first kappa shape index (κ1) is 13.3. The van der Waals surface area contributed by atoms with Crippen LogP contribution in [-0.4, -0.2) is 43.1 Å². The van der Waals surface area contributed by atoms with E-state index in [9.17, 15) is 13.5 Å². The van der Waals surface area contributed by atoms with E-state index in [1.54, 1.807) is 6.07 Å². The highest BCUT2D eigenvalue weighted by Gasteiger charge is 2.31. The first-order valence-corrected chi connectivity index (χ1v) is 7.75. The summed E-state index contributed by atoms with van der Waals surface area (Å²) in [6.07, 6.45) is 0.642. The summed E-state index contributed by atoms with van der Waals surface area (Å²) in [5.74, 6) is 1.16. The van der Waals surface area contributed by atoms with Gasteiger partial charge in [-0.1, -0.05) is 0 Å². The predicted molar refractivity (Wildman–Crippen MR) is 70.4 cm³/mol. The monoisotopic (exact) mass is 270 g/mol. The quantitative estimate of drug-likeness (QED) is 0.866. The lowest BCUT2D eigenvalue weighted by Crippen LogP contribution is -2.33. The van der Waals surface area contributed by atoms with Crippen molar-refractivity contribution in [3.63, 3.8) is 0 Å². The van der Waals surface area contributed by atoms with E-state index in [0.29, 0.717) is 6.42 Å². The molecule has 1 aromatic rings. The van der Waals surface area contributed by atoms with Crippen molar-refractivity contribution < 1.29 is 13.5 Å². The van der Waals surface area contributed by atoms with Crippen LogP contribution in [0.25, 0.3) is 0 Å². The third kappa shape index (κ3) is 2.81. The van der Waals surface area contributed by atoms with Crippen LogP contribution in [0.5, 0.6) is 0 Å². The number of aryl methyl sites for hydroxylation is 1. The van der Waals surface area contributed by atoms with E-state index < -0.39 is 9.84 Å². The molecule has 0 radical (unpaired) electrons. The van der Waals surface area contributed by atoms with Gasteiger partial charge in [0.25, 0.3) is 0 Å². The molecule has 1 aromatic heterocycles.